The molecule has 128 valence electrons. The van der Waals surface area contributed by atoms with E-state index in [4.69, 9.17) is 23.2 Å². The van der Waals surface area contributed by atoms with Gasteiger partial charge in [-0.2, -0.15) is 0 Å². The number of nitrogens with one attached hydrogen (secondary N) is 2. The highest BCUT2D eigenvalue weighted by Crippen LogP contribution is 2.27. The van der Waals surface area contributed by atoms with Gasteiger partial charge in [0.1, 0.15) is 0 Å². The number of aromatic amines is 1. The van der Waals surface area contributed by atoms with Gasteiger partial charge in [0, 0.05) is 23.7 Å². The number of halogens is 2. The van der Waals surface area contributed by atoms with Gasteiger partial charge in [0.2, 0.25) is 0 Å². The highest BCUT2D eigenvalue weighted by atomic mass is 35.5. The first kappa shape index (κ1) is 17.3. The molecule has 0 aliphatic rings. The first-order valence-corrected chi connectivity index (χ1v) is 8.13. The van der Waals surface area contributed by atoms with E-state index in [1.807, 2.05) is 6.92 Å². The average molecular weight is 378 g/mol. The molecule has 25 heavy (non-hydrogen) atoms. The SMILES string of the molecule is C[C@H](NC(=O)c1c[nH]c2cc([N+](=O)[O-])ccc12)c1ccc(Cl)c(Cl)c1. The van der Waals surface area contributed by atoms with Crippen LogP contribution in [-0.2, 0) is 0 Å². The van der Waals surface area contributed by atoms with Crippen molar-refractivity contribution in [3.63, 3.8) is 0 Å². The van der Waals surface area contributed by atoms with Crippen LogP contribution < -0.4 is 5.32 Å². The molecule has 2 aromatic carbocycles. The van der Waals surface area contributed by atoms with Crippen LogP contribution in [0.4, 0.5) is 5.69 Å². The van der Waals surface area contributed by atoms with Crippen molar-refractivity contribution in [1.29, 1.82) is 0 Å². The maximum Gasteiger partial charge on any atom is 0.271 e. The molecular formula is C17H13Cl2N3O3. The van der Waals surface area contributed by atoms with Gasteiger partial charge in [-0.15, -0.1) is 0 Å². The second-order valence-electron chi connectivity index (χ2n) is 5.56. The van der Waals surface area contributed by atoms with Crippen molar-refractivity contribution in [3.8, 4) is 0 Å². The lowest BCUT2D eigenvalue weighted by Gasteiger charge is -2.14. The third-order valence-electron chi connectivity index (χ3n) is 3.91. The number of aromatic nitrogens is 1. The number of amides is 1. The Morgan fingerprint density at radius 1 is 1.20 bits per heavy atom. The van der Waals surface area contributed by atoms with Crippen LogP contribution in [0.5, 0.6) is 0 Å². The van der Waals surface area contributed by atoms with Gasteiger partial charge in [-0.3, -0.25) is 14.9 Å². The fourth-order valence-corrected chi connectivity index (χ4v) is 2.86. The number of rotatable bonds is 4. The Morgan fingerprint density at radius 2 is 1.96 bits per heavy atom. The zero-order valence-corrected chi connectivity index (χ0v) is 14.6. The Labute approximate surface area is 152 Å². The predicted octanol–water partition coefficient (Wildman–Crippen LogP) is 4.87. The van der Waals surface area contributed by atoms with E-state index in [1.165, 1.54) is 18.3 Å². The van der Waals surface area contributed by atoms with Crippen molar-refractivity contribution in [3.05, 3.63) is 73.9 Å². The van der Waals surface area contributed by atoms with E-state index in [0.29, 0.717) is 26.5 Å². The molecule has 1 aromatic heterocycles. The minimum atomic E-state index is -0.480. The van der Waals surface area contributed by atoms with Gasteiger partial charge in [0.25, 0.3) is 11.6 Å². The fraction of sp³-hybridized carbons (Fsp3) is 0.118. The van der Waals surface area contributed by atoms with E-state index in [9.17, 15) is 14.9 Å². The maximum absolute atomic E-state index is 12.6. The van der Waals surface area contributed by atoms with Crippen molar-refractivity contribution in [2.75, 3.05) is 0 Å². The maximum atomic E-state index is 12.6. The number of nitro benzene ring substituents is 1. The molecule has 0 aliphatic carbocycles. The monoisotopic (exact) mass is 377 g/mol. The number of non-ortho nitro benzene ring substituents is 1. The first-order chi connectivity index (χ1) is 11.9. The number of fused-ring (bicyclic) bond motifs is 1. The summed E-state index contributed by atoms with van der Waals surface area (Å²) in [4.78, 5) is 25.8. The Hall–Kier alpha value is -2.57. The molecule has 2 N–H and O–H groups in total. The molecule has 8 heteroatoms. The largest absolute Gasteiger partial charge is 0.360 e. The molecule has 0 radical (unpaired) electrons. The molecule has 0 fully saturated rings. The smallest absolute Gasteiger partial charge is 0.271 e. The van der Waals surface area contributed by atoms with Gasteiger partial charge in [-0.05, 0) is 30.7 Å². The lowest BCUT2D eigenvalue weighted by atomic mass is 10.1. The quantitative estimate of drug-likeness (QED) is 0.501. The lowest BCUT2D eigenvalue weighted by Crippen LogP contribution is -2.26. The summed E-state index contributed by atoms with van der Waals surface area (Å²) >= 11 is 11.9. The van der Waals surface area contributed by atoms with Gasteiger partial charge in [0.05, 0.1) is 32.1 Å². The molecule has 1 heterocycles. The fourth-order valence-electron chi connectivity index (χ4n) is 2.56. The van der Waals surface area contributed by atoms with Crippen LogP contribution >= 0.6 is 23.2 Å². The normalized spacial score (nSPS) is 12.1. The highest BCUT2D eigenvalue weighted by molar-refractivity contribution is 6.42. The summed E-state index contributed by atoms with van der Waals surface area (Å²) in [5, 5.41) is 15.2. The van der Waals surface area contributed by atoms with Gasteiger partial charge >= 0.3 is 0 Å². The molecule has 1 atom stereocenters. The zero-order chi connectivity index (χ0) is 18.1. The van der Waals surface area contributed by atoms with Gasteiger partial charge in [-0.25, -0.2) is 0 Å². The van der Waals surface area contributed by atoms with E-state index in [-0.39, 0.29) is 17.6 Å². The molecule has 0 saturated carbocycles. The van der Waals surface area contributed by atoms with Crippen LogP contribution in [-0.4, -0.2) is 15.8 Å². The Morgan fingerprint density at radius 3 is 2.64 bits per heavy atom. The summed E-state index contributed by atoms with van der Waals surface area (Å²) in [6.07, 6.45) is 1.53. The Bertz CT molecular complexity index is 984. The van der Waals surface area contributed by atoms with Crippen molar-refractivity contribution in [2.24, 2.45) is 0 Å². The summed E-state index contributed by atoms with van der Waals surface area (Å²) in [6.45, 7) is 1.83. The van der Waals surface area contributed by atoms with Crippen LogP contribution in [0.25, 0.3) is 10.9 Å². The van der Waals surface area contributed by atoms with Gasteiger partial charge in [-0.1, -0.05) is 29.3 Å². The minimum absolute atomic E-state index is 0.0366. The molecular weight excluding hydrogens is 365 g/mol. The Kier molecular flexibility index (Phi) is 4.65. The summed E-state index contributed by atoms with van der Waals surface area (Å²) < 4.78 is 0. The summed E-state index contributed by atoms with van der Waals surface area (Å²) in [5.41, 5.74) is 1.72. The predicted molar refractivity (Wildman–Crippen MR) is 97.3 cm³/mol. The number of carbonyl (C=O) groups is 1. The zero-order valence-electron chi connectivity index (χ0n) is 13.0. The van der Waals surface area contributed by atoms with Gasteiger partial charge in [0.15, 0.2) is 0 Å². The molecule has 3 aromatic rings. The summed E-state index contributed by atoms with van der Waals surface area (Å²) in [7, 11) is 0. The molecule has 1 amide bonds. The van der Waals surface area contributed by atoms with Crippen molar-refractivity contribution in [2.45, 2.75) is 13.0 Å². The average Bonchev–Trinajstić information content (AvgIpc) is 3.00. The number of nitrogens with zero attached hydrogens (tertiary/aromatic N) is 1. The summed E-state index contributed by atoms with van der Waals surface area (Å²) in [5.74, 6) is -0.293. The molecule has 0 unspecified atom stereocenters. The highest BCUT2D eigenvalue weighted by Gasteiger charge is 2.17. The van der Waals surface area contributed by atoms with E-state index < -0.39 is 4.92 Å². The lowest BCUT2D eigenvalue weighted by molar-refractivity contribution is -0.384. The van der Waals surface area contributed by atoms with Crippen LogP contribution in [0.15, 0.2) is 42.6 Å². The number of hydrogen-bond donors (Lipinski definition) is 2. The topological polar surface area (TPSA) is 88.0 Å². The van der Waals surface area contributed by atoms with Crippen LogP contribution in [0.2, 0.25) is 10.0 Å². The minimum Gasteiger partial charge on any atom is -0.360 e. The third kappa shape index (κ3) is 3.45. The van der Waals surface area contributed by atoms with Crippen molar-refractivity contribution in [1.82, 2.24) is 10.3 Å². The van der Waals surface area contributed by atoms with E-state index >= 15 is 0 Å². The van der Waals surface area contributed by atoms with Crippen LogP contribution in [0.3, 0.4) is 0 Å². The van der Waals surface area contributed by atoms with Crippen LogP contribution in [0, 0.1) is 10.1 Å². The number of H-pyrrole nitrogens is 1. The summed E-state index contributed by atoms with van der Waals surface area (Å²) in [6, 6.07) is 9.20. The first-order valence-electron chi connectivity index (χ1n) is 7.38. The number of benzene rings is 2. The number of hydrogen-bond acceptors (Lipinski definition) is 3. The third-order valence-corrected chi connectivity index (χ3v) is 4.65. The second-order valence-corrected chi connectivity index (χ2v) is 6.37. The van der Waals surface area contributed by atoms with Crippen LogP contribution in [0.1, 0.15) is 28.9 Å². The van der Waals surface area contributed by atoms with Gasteiger partial charge < -0.3 is 10.3 Å². The standard InChI is InChI=1S/C17H13Cl2N3O3/c1-9(10-2-5-14(18)15(19)6-10)21-17(23)13-8-20-16-7-11(22(24)25)3-4-12(13)16/h2-9,20H,1H3,(H,21,23)/t9-/m0/s1. The van der Waals surface area contributed by atoms with Crippen molar-refractivity contribution < 1.29 is 9.72 Å². The Balaban J connectivity index is 1.84. The number of nitro groups is 1. The van der Waals surface area contributed by atoms with E-state index in [1.54, 1.807) is 24.3 Å². The number of carbonyl (C=O) groups excluding carboxylic acids is 1. The molecule has 6 nitrogen and oxygen atoms in total. The molecule has 0 bridgehead atoms. The molecule has 3 rings (SSSR count). The molecule has 0 saturated heterocycles. The van der Waals surface area contributed by atoms with E-state index in [2.05, 4.69) is 10.3 Å². The second kappa shape index (κ2) is 6.74. The molecule has 0 spiro atoms. The van der Waals surface area contributed by atoms with E-state index in [0.717, 1.165) is 5.56 Å². The molecule has 0 aliphatic heterocycles. The van der Waals surface area contributed by atoms with Crippen molar-refractivity contribution >= 4 is 45.7 Å².